The molecule has 0 fully saturated rings. The highest BCUT2D eigenvalue weighted by Crippen LogP contribution is 1.92. The average molecular weight is 159 g/mol. The van der Waals surface area contributed by atoms with Crippen molar-refractivity contribution >= 4 is 12.5 Å². The molecule has 0 unspecified atom stereocenters. The summed E-state index contributed by atoms with van der Waals surface area (Å²) in [6.45, 7) is 2.63. The SMILES string of the molecule is CCCCCO/C=N\C(=O)O. The fourth-order valence-corrected chi connectivity index (χ4v) is 0.570. The van der Waals surface area contributed by atoms with Crippen molar-refractivity contribution in [1.82, 2.24) is 0 Å². The molecule has 0 aliphatic rings. The van der Waals surface area contributed by atoms with Gasteiger partial charge in [-0.25, -0.2) is 4.79 Å². The maximum atomic E-state index is 9.81. The fraction of sp³-hybridized carbons (Fsp3) is 0.714. The van der Waals surface area contributed by atoms with Crippen LogP contribution in [0.2, 0.25) is 0 Å². The molecule has 1 N–H and O–H groups in total. The number of rotatable bonds is 5. The standard InChI is InChI=1S/C7H13NO3/c1-2-3-4-5-11-6-8-7(9)10/h6H,2-5H2,1H3,(H,9,10)/b8-6-. The summed E-state index contributed by atoms with van der Waals surface area (Å²) in [6.07, 6.45) is 2.92. The molecule has 0 aromatic carbocycles. The zero-order chi connectivity index (χ0) is 8.53. The van der Waals surface area contributed by atoms with E-state index in [2.05, 4.69) is 11.9 Å². The van der Waals surface area contributed by atoms with Gasteiger partial charge in [0.1, 0.15) is 0 Å². The van der Waals surface area contributed by atoms with Crippen LogP contribution in [0, 0.1) is 0 Å². The molecule has 0 aliphatic carbocycles. The van der Waals surface area contributed by atoms with Gasteiger partial charge in [-0.3, -0.25) is 0 Å². The van der Waals surface area contributed by atoms with Gasteiger partial charge in [-0.1, -0.05) is 19.8 Å². The lowest BCUT2D eigenvalue weighted by molar-refractivity contribution is 0.204. The Labute approximate surface area is 65.9 Å². The fourth-order valence-electron chi connectivity index (χ4n) is 0.570. The van der Waals surface area contributed by atoms with Crippen LogP contribution in [0.3, 0.4) is 0 Å². The largest absolute Gasteiger partial charge is 0.483 e. The van der Waals surface area contributed by atoms with E-state index in [0.29, 0.717) is 6.61 Å². The van der Waals surface area contributed by atoms with Crippen LogP contribution in [0.1, 0.15) is 26.2 Å². The van der Waals surface area contributed by atoms with E-state index < -0.39 is 6.09 Å². The first-order valence-electron chi connectivity index (χ1n) is 3.64. The Hall–Kier alpha value is -1.06. The van der Waals surface area contributed by atoms with Crippen LogP contribution in [-0.4, -0.2) is 24.2 Å². The Morgan fingerprint density at radius 1 is 1.64 bits per heavy atom. The molecule has 0 rings (SSSR count). The van der Waals surface area contributed by atoms with E-state index in [1.54, 1.807) is 0 Å². The third-order valence-corrected chi connectivity index (χ3v) is 1.10. The first-order chi connectivity index (χ1) is 5.27. The van der Waals surface area contributed by atoms with Gasteiger partial charge in [0, 0.05) is 0 Å². The minimum absolute atomic E-state index is 0.546. The number of aliphatic imine (C=N–C) groups is 1. The predicted molar refractivity (Wildman–Crippen MR) is 42.0 cm³/mol. The lowest BCUT2D eigenvalue weighted by Crippen LogP contribution is -1.94. The molecule has 0 spiro atoms. The highest BCUT2D eigenvalue weighted by atomic mass is 16.5. The highest BCUT2D eigenvalue weighted by molar-refractivity contribution is 5.74. The quantitative estimate of drug-likeness (QED) is 0.378. The number of nitrogens with zero attached hydrogens (tertiary/aromatic N) is 1. The summed E-state index contributed by atoms with van der Waals surface area (Å²) >= 11 is 0. The molecule has 0 aromatic rings. The Bertz CT molecular complexity index is 134. The number of ether oxygens (including phenoxy) is 1. The Kier molecular flexibility index (Phi) is 6.37. The first kappa shape index (κ1) is 9.94. The van der Waals surface area contributed by atoms with Gasteiger partial charge in [-0.2, -0.15) is 0 Å². The second kappa shape index (κ2) is 7.05. The number of hydrogen-bond acceptors (Lipinski definition) is 2. The van der Waals surface area contributed by atoms with Crippen molar-refractivity contribution in [3.8, 4) is 0 Å². The minimum atomic E-state index is -1.22. The summed E-state index contributed by atoms with van der Waals surface area (Å²) in [5, 5.41) is 8.04. The van der Waals surface area contributed by atoms with Gasteiger partial charge in [-0.15, -0.1) is 4.99 Å². The van der Waals surface area contributed by atoms with Gasteiger partial charge in [-0.05, 0) is 6.42 Å². The molecule has 11 heavy (non-hydrogen) atoms. The second-order valence-corrected chi connectivity index (χ2v) is 2.09. The smallest absolute Gasteiger partial charge is 0.433 e. The molecule has 0 radical (unpaired) electrons. The van der Waals surface area contributed by atoms with Gasteiger partial charge in [0.25, 0.3) is 0 Å². The molecule has 64 valence electrons. The molecule has 0 aromatic heterocycles. The van der Waals surface area contributed by atoms with Gasteiger partial charge in [0.2, 0.25) is 0 Å². The molecular weight excluding hydrogens is 146 g/mol. The number of hydrogen-bond donors (Lipinski definition) is 1. The molecule has 0 saturated heterocycles. The highest BCUT2D eigenvalue weighted by Gasteiger charge is 1.86. The predicted octanol–water partition coefficient (Wildman–Crippen LogP) is 1.90. The van der Waals surface area contributed by atoms with Gasteiger partial charge in [0.15, 0.2) is 6.40 Å². The number of unbranched alkanes of at least 4 members (excludes halogenated alkanes) is 2. The summed E-state index contributed by atoms with van der Waals surface area (Å²) in [5.74, 6) is 0. The van der Waals surface area contributed by atoms with Crippen LogP contribution in [-0.2, 0) is 4.74 Å². The van der Waals surface area contributed by atoms with E-state index in [0.717, 1.165) is 25.7 Å². The number of amides is 1. The first-order valence-corrected chi connectivity index (χ1v) is 3.64. The molecule has 0 saturated carbocycles. The molecule has 1 amide bonds. The second-order valence-electron chi connectivity index (χ2n) is 2.09. The zero-order valence-electron chi connectivity index (χ0n) is 6.62. The molecule has 0 aliphatic heterocycles. The van der Waals surface area contributed by atoms with Crippen LogP contribution >= 0.6 is 0 Å². The summed E-state index contributed by atoms with van der Waals surface area (Å²) < 4.78 is 4.77. The Morgan fingerprint density at radius 2 is 2.36 bits per heavy atom. The topological polar surface area (TPSA) is 58.9 Å². The molecule has 4 heteroatoms. The van der Waals surface area contributed by atoms with E-state index in [-0.39, 0.29) is 0 Å². The maximum Gasteiger partial charge on any atom is 0.433 e. The summed E-state index contributed by atoms with van der Waals surface area (Å²) in [7, 11) is 0. The Balaban J connectivity index is 3.07. The molecular formula is C7H13NO3. The van der Waals surface area contributed by atoms with Crippen molar-refractivity contribution in [2.45, 2.75) is 26.2 Å². The van der Waals surface area contributed by atoms with Crippen LogP contribution in [0.15, 0.2) is 4.99 Å². The lowest BCUT2D eigenvalue weighted by Gasteiger charge is -1.96. The van der Waals surface area contributed by atoms with E-state index in [4.69, 9.17) is 9.84 Å². The van der Waals surface area contributed by atoms with E-state index in [9.17, 15) is 4.79 Å². The van der Waals surface area contributed by atoms with Gasteiger partial charge in [0.05, 0.1) is 6.61 Å². The van der Waals surface area contributed by atoms with Crippen molar-refractivity contribution in [2.75, 3.05) is 6.61 Å². The summed E-state index contributed by atoms with van der Waals surface area (Å²) in [4.78, 5) is 12.8. The van der Waals surface area contributed by atoms with Crippen LogP contribution in [0.4, 0.5) is 4.79 Å². The Morgan fingerprint density at radius 3 is 2.91 bits per heavy atom. The van der Waals surface area contributed by atoms with Crippen molar-refractivity contribution in [1.29, 1.82) is 0 Å². The van der Waals surface area contributed by atoms with Crippen molar-refractivity contribution in [3.05, 3.63) is 0 Å². The monoisotopic (exact) mass is 159 g/mol. The molecule has 0 bridgehead atoms. The molecule has 0 atom stereocenters. The molecule has 4 nitrogen and oxygen atoms in total. The van der Waals surface area contributed by atoms with Crippen LogP contribution in [0.5, 0.6) is 0 Å². The minimum Gasteiger partial charge on any atom is -0.483 e. The normalized spacial score (nSPS) is 10.3. The van der Waals surface area contributed by atoms with Gasteiger partial charge >= 0.3 is 6.09 Å². The van der Waals surface area contributed by atoms with Gasteiger partial charge < -0.3 is 9.84 Å². The summed E-state index contributed by atoms with van der Waals surface area (Å²) in [6, 6.07) is 0. The molecule has 0 heterocycles. The third kappa shape index (κ3) is 8.94. The summed E-state index contributed by atoms with van der Waals surface area (Å²) in [5.41, 5.74) is 0. The number of carbonyl (C=O) groups is 1. The van der Waals surface area contributed by atoms with E-state index >= 15 is 0 Å². The van der Waals surface area contributed by atoms with Crippen molar-refractivity contribution in [2.24, 2.45) is 4.99 Å². The van der Waals surface area contributed by atoms with Crippen LogP contribution in [0.25, 0.3) is 0 Å². The van der Waals surface area contributed by atoms with Crippen molar-refractivity contribution in [3.63, 3.8) is 0 Å². The van der Waals surface area contributed by atoms with E-state index in [1.807, 2.05) is 0 Å². The average Bonchev–Trinajstić information content (AvgIpc) is 1.96. The number of carboxylic acid groups (broad SMARTS) is 1. The third-order valence-electron chi connectivity index (χ3n) is 1.10. The lowest BCUT2D eigenvalue weighted by atomic mass is 10.3. The van der Waals surface area contributed by atoms with E-state index in [1.165, 1.54) is 0 Å². The van der Waals surface area contributed by atoms with Crippen molar-refractivity contribution < 1.29 is 14.6 Å². The maximum absolute atomic E-state index is 9.81. The zero-order valence-corrected chi connectivity index (χ0v) is 6.62. The van der Waals surface area contributed by atoms with Crippen LogP contribution < -0.4 is 0 Å².